The summed E-state index contributed by atoms with van der Waals surface area (Å²) in [7, 11) is 2.27. The summed E-state index contributed by atoms with van der Waals surface area (Å²) in [5, 5.41) is 3.99. The number of fused-ring (bicyclic) bond motifs is 1. The molecule has 0 aromatic rings. The van der Waals surface area contributed by atoms with Crippen molar-refractivity contribution in [1.82, 2.24) is 15.1 Å². The van der Waals surface area contributed by atoms with Crippen LogP contribution in [-0.2, 0) is 0 Å². The highest BCUT2D eigenvalue weighted by Crippen LogP contribution is 2.32. The number of nitrogens with zero attached hydrogens (tertiary/aromatic N) is 2. The van der Waals surface area contributed by atoms with Crippen LogP contribution in [0.25, 0.3) is 0 Å². The van der Waals surface area contributed by atoms with Crippen LogP contribution in [-0.4, -0.2) is 60.6 Å². The van der Waals surface area contributed by atoms with Crippen LogP contribution in [0.4, 0.5) is 0 Å². The van der Waals surface area contributed by atoms with Gasteiger partial charge in [0.15, 0.2) is 0 Å². The molecule has 3 rings (SSSR count). The van der Waals surface area contributed by atoms with E-state index < -0.39 is 0 Å². The van der Waals surface area contributed by atoms with Crippen molar-refractivity contribution in [3.05, 3.63) is 0 Å². The molecule has 3 nitrogen and oxygen atoms in total. The molecule has 3 aliphatic rings. The lowest BCUT2D eigenvalue weighted by Gasteiger charge is -2.48. The third-order valence-corrected chi connectivity index (χ3v) is 6.12. The van der Waals surface area contributed by atoms with E-state index in [1.807, 2.05) is 0 Å². The molecule has 20 heavy (non-hydrogen) atoms. The van der Waals surface area contributed by atoms with Gasteiger partial charge in [-0.2, -0.15) is 0 Å². The standard InChI is InChI=1S/C17H33N3/c1-17(2)13-20(11-10-19(17)3)12-15-9-8-14-6-4-5-7-16(14)18-15/h14-16,18H,4-13H2,1-3H3. The second-order valence-corrected chi connectivity index (χ2v) is 8.06. The van der Waals surface area contributed by atoms with Gasteiger partial charge in [0.2, 0.25) is 0 Å². The Morgan fingerprint density at radius 1 is 1.05 bits per heavy atom. The van der Waals surface area contributed by atoms with Crippen molar-refractivity contribution in [3.63, 3.8) is 0 Å². The molecule has 2 heterocycles. The van der Waals surface area contributed by atoms with Crippen LogP contribution < -0.4 is 5.32 Å². The first-order chi connectivity index (χ1) is 9.54. The first-order valence-corrected chi connectivity index (χ1v) is 8.74. The average molecular weight is 279 g/mol. The fraction of sp³-hybridized carbons (Fsp3) is 1.00. The molecule has 3 unspecified atom stereocenters. The SMILES string of the molecule is CN1CCN(CC2CCC3CCCCC3N2)CC1(C)C. The lowest BCUT2D eigenvalue weighted by Crippen LogP contribution is -2.60. The summed E-state index contributed by atoms with van der Waals surface area (Å²) in [5.74, 6) is 0.990. The summed E-state index contributed by atoms with van der Waals surface area (Å²) in [6.45, 7) is 9.70. The molecule has 0 radical (unpaired) electrons. The van der Waals surface area contributed by atoms with Gasteiger partial charge in [-0.05, 0) is 52.5 Å². The number of nitrogens with one attached hydrogen (secondary N) is 1. The number of hydrogen-bond acceptors (Lipinski definition) is 3. The fourth-order valence-electron chi connectivity index (χ4n) is 4.53. The summed E-state index contributed by atoms with van der Waals surface area (Å²) < 4.78 is 0. The predicted molar refractivity (Wildman–Crippen MR) is 85.1 cm³/mol. The zero-order chi connectivity index (χ0) is 14.2. The third kappa shape index (κ3) is 3.20. The van der Waals surface area contributed by atoms with Gasteiger partial charge in [0.05, 0.1) is 0 Å². The van der Waals surface area contributed by atoms with Crippen molar-refractivity contribution in [1.29, 1.82) is 0 Å². The Balaban J connectivity index is 1.51. The smallest absolute Gasteiger partial charge is 0.0277 e. The normalized spacial score (nSPS) is 39.5. The minimum atomic E-state index is 0.334. The molecule has 3 heteroatoms. The first-order valence-electron chi connectivity index (χ1n) is 8.74. The number of piperidine rings is 1. The highest BCUT2D eigenvalue weighted by Gasteiger charge is 2.35. The molecule has 0 aromatic carbocycles. The van der Waals surface area contributed by atoms with Crippen LogP contribution in [0.3, 0.4) is 0 Å². The molecule has 116 valence electrons. The molecule has 0 aromatic heterocycles. The molecule has 2 aliphatic heterocycles. The predicted octanol–water partition coefficient (Wildman–Crippen LogP) is 2.32. The zero-order valence-corrected chi connectivity index (χ0v) is 13.7. The zero-order valence-electron chi connectivity index (χ0n) is 13.7. The van der Waals surface area contributed by atoms with Crippen LogP contribution in [0, 0.1) is 5.92 Å². The van der Waals surface area contributed by atoms with E-state index in [1.165, 1.54) is 64.7 Å². The largest absolute Gasteiger partial charge is 0.310 e. The Hall–Kier alpha value is -0.120. The van der Waals surface area contributed by atoms with E-state index in [-0.39, 0.29) is 0 Å². The van der Waals surface area contributed by atoms with Crippen LogP contribution in [0.1, 0.15) is 52.4 Å². The molecule has 1 aliphatic carbocycles. The molecule has 0 bridgehead atoms. The highest BCUT2D eigenvalue weighted by atomic mass is 15.3. The van der Waals surface area contributed by atoms with E-state index in [0.29, 0.717) is 5.54 Å². The number of hydrogen-bond donors (Lipinski definition) is 1. The molecule has 3 atom stereocenters. The Labute approximate surface area is 125 Å². The molecule has 0 spiro atoms. The van der Waals surface area contributed by atoms with Gasteiger partial charge in [-0.15, -0.1) is 0 Å². The van der Waals surface area contributed by atoms with Crippen molar-refractivity contribution in [3.8, 4) is 0 Å². The maximum absolute atomic E-state index is 3.99. The lowest BCUT2D eigenvalue weighted by atomic mass is 9.77. The molecule has 3 fully saturated rings. The summed E-state index contributed by atoms with van der Waals surface area (Å²) in [6, 6.07) is 1.58. The van der Waals surface area contributed by atoms with Gasteiger partial charge in [0.25, 0.3) is 0 Å². The molecule has 1 saturated carbocycles. The fourth-order valence-corrected chi connectivity index (χ4v) is 4.53. The second-order valence-electron chi connectivity index (χ2n) is 8.06. The summed E-state index contributed by atoms with van der Waals surface area (Å²) in [4.78, 5) is 5.20. The summed E-state index contributed by atoms with van der Waals surface area (Å²) in [5.41, 5.74) is 0.334. The summed E-state index contributed by atoms with van der Waals surface area (Å²) in [6.07, 6.45) is 8.69. The number of rotatable bonds is 2. The maximum atomic E-state index is 3.99. The average Bonchev–Trinajstić information content (AvgIpc) is 2.42. The maximum Gasteiger partial charge on any atom is 0.0277 e. The van der Waals surface area contributed by atoms with E-state index in [4.69, 9.17) is 0 Å². The van der Waals surface area contributed by atoms with Gasteiger partial charge in [-0.25, -0.2) is 0 Å². The molecular formula is C17H33N3. The Morgan fingerprint density at radius 3 is 2.65 bits per heavy atom. The minimum Gasteiger partial charge on any atom is -0.310 e. The Bertz CT molecular complexity index is 328. The van der Waals surface area contributed by atoms with Crippen LogP contribution in [0.15, 0.2) is 0 Å². The molecule has 0 amide bonds. The van der Waals surface area contributed by atoms with Gasteiger partial charge in [-0.1, -0.05) is 12.8 Å². The van der Waals surface area contributed by atoms with Gasteiger partial charge in [0.1, 0.15) is 0 Å². The van der Waals surface area contributed by atoms with E-state index in [0.717, 1.165) is 18.0 Å². The second kappa shape index (κ2) is 5.94. The Morgan fingerprint density at radius 2 is 1.85 bits per heavy atom. The first kappa shape index (κ1) is 14.8. The van der Waals surface area contributed by atoms with Gasteiger partial charge in [-0.3, -0.25) is 9.80 Å². The van der Waals surface area contributed by atoms with Crippen molar-refractivity contribution < 1.29 is 0 Å². The van der Waals surface area contributed by atoms with Gasteiger partial charge < -0.3 is 5.32 Å². The molecule has 2 saturated heterocycles. The van der Waals surface area contributed by atoms with E-state index in [2.05, 4.69) is 36.0 Å². The molecule has 1 N–H and O–H groups in total. The van der Waals surface area contributed by atoms with Gasteiger partial charge >= 0.3 is 0 Å². The molecular weight excluding hydrogens is 246 g/mol. The van der Waals surface area contributed by atoms with Crippen molar-refractivity contribution >= 4 is 0 Å². The van der Waals surface area contributed by atoms with Crippen molar-refractivity contribution in [2.45, 2.75) is 70.0 Å². The monoisotopic (exact) mass is 279 g/mol. The number of piperazine rings is 1. The topological polar surface area (TPSA) is 18.5 Å². The van der Waals surface area contributed by atoms with E-state index >= 15 is 0 Å². The lowest BCUT2D eigenvalue weighted by molar-refractivity contribution is 0.0289. The van der Waals surface area contributed by atoms with Crippen molar-refractivity contribution in [2.24, 2.45) is 5.92 Å². The Kier molecular flexibility index (Phi) is 4.40. The highest BCUT2D eigenvalue weighted by molar-refractivity contribution is 4.93. The third-order valence-electron chi connectivity index (χ3n) is 6.12. The minimum absolute atomic E-state index is 0.334. The quantitative estimate of drug-likeness (QED) is 0.837. The number of likely N-dealkylation sites (N-methyl/N-ethyl adjacent to an activating group) is 1. The van der Waals surface area contributed by atoms with Crippen molar-refractivity contribution in [2.75, 3.05) is 33.2 Å². The van der Waals surface area contributed by atoms with Gasteiger partial charge in [0, 0.05) is 43.8 Å². The van der Waals surface area contributed by atoms with E-state index in [1.54, 1.807) is 0 Å². The van der Waals surface area contributed by atoms with Crippen LogP contribution >= 0.6 is 0 Å². The van der Waals surface area contributed by atoms with Crippen LogP contribution in [0.2, 0.25) is 0 Å². The van der Waals surface area contributed by atoms with E-state index in [9.17, 15) is 0 Å². The van der Waals surface area contributed by atoms with Crippen LogP contribution in [0.5, 0.6) is 0 Å². The summed E-state index contributed by atoms with van der Waals surface area (Å²) >= 11 is 0.